The van der Waals surface area contributed by atoms with Crippen LogP contribution in [0.3, 0.4) is 0 Å². The molecule has 4 rings (SSSR count). The standard InChI is InChI=1S/C23H22N4O4S2/c1-29-15-10-11-16(19(13-15)31-3)24-21(28)14-33-23-26-25-22(20-9-6-12-32-20)27(23)17-7-4-5-8-18(17)30-2/h4-13H,14H2,1-3H3,(H,24,28). The van der Waals surface area contributed by atoms with Gasteiger partial charge >= 0.3 is 0 Å². The molecule has 0 aliphatic carbocycles. The Balaban J connectivity index is 1.58. The van der Waals surface area contributed by atoms with Crippen molar-refractivity contribution >= 4 is 34.7 Å². The molecule has 0 spiro atoms. The van der Waals surface area contributed by atoms with Crippen molar-refractivity contribution in [3.05, 3.63) is 60.0 Å². The number of carbonyl (C=O) groups excluding carboxylic acids is 1. The summed E-state index contributed by atoms with van der Waals surface area (Å²) in [5.74, 6) is 2.47. The number of hydrogen-bond donors (Lipinski definition) is 1. The number of aromatic nitrogens is 3. The van der Waals surface area contributed by atoms with Crippen molar-refractivity contribution in [2.75, 3.05) is 32.4 Å². The quantitative estimate of drug-likeness (QED) is 0.344. The molecule has 0 bridgehead atoms. The van der Waals surface area contributed by atoms with Crippen molar-refractivity contribution in [3.8, 4) is 33.6 Å². The predicted molar refractivity (Wildman–Crippen MR) is 130 cm³/mol. The minimum Gasteiger partial charge on any atom is -0.497 e. The smallest absolute Gasteiger partial charge is 0.234 e. The van der Waals surface area contributed by atoms with E-state index < -0.39 is 0 Å². The fraction of sp³-hybridized carbons (Fsp3) is 0.174. The van der Waals surface area contributed by atoms with Gasteiger partial charge in [-0.05, 0) is 35.7 Å². The molecule has 0 radical (unpaired) electrons. The highest BCUT2D eigenvalue weighted by molar-refractivity contribution is 7.99. The molecule has 10 heteroatoms. The number of thiophene rings is 1. The van der Waals surface area contributed by atoms with E-state index in [2.05, 4.69) is 15.5 Å². The molecule has 0 saturated heterocycles. The largest absolute Gasteiger partial charge is 0.497 e. The maximum absolute atomic E-state index is 12.7. The van der Waals surface area contributed by atoms with Crippen LogP contribution in [0.1, 0.15) is 0 Å². The summed E-state index contributed by atoms with van der Waals surface area (Å²) in [6.07, 6.45) is 0. The van der Waals surface area contributed by atoms with E-state index in [0.717, 1.165) is 10.6 Å². The van der Waals surface area contributed by atoms with Crippen LogP contribution >= 0.6 is 23.1 Å². The number of thioether (sulfide) groups is 1. The minimum atomic E-state index is -0.198. The Labute approximate surface area is 199 Å². The highest BCUT2D eigenvalue weighted by atomic mass is 32.2. The fourth-order valence-corrected chi connectivity index (χ4v) is 4.62. The summed E-state index contributed by atoms with van der Waals surface area (Å²) in [5, 5.41) is 14.2. The molecule has 2 aromatic heterocycles. The molecule has 0 unspecified atom stereocenters. The van der Waals surface area contributed by atoms with E-state index in [0.29, 0.717) is 33.9 Å². The summed E-state index contributed by atoms with van der Waals surface area (Å²) in [5.41, 5.74) is 1.36. The van der Waals surface area contributed by atoms with Crippen LogP contribution in [0.4, 0.5) is 5.69 Å². The van der Waals surface area contributed by atoms with Crippen molar-refractivity contribution in [2.24, 2.45) is 0 Å². The van der Waals surface area contributed by atoms with Crippen molar-refractivity contribution in [2.45, 2.75) is 5.16 Å². The third kappa shape index (κ3) is 4.96. The van der Waals surface area contributed by atoms with Gasteiger partial charge in [0.15, 0.2) is 11.0 Å². The fourth-order valence-electron chi connectivity index (χ4n) is 3.18. The predicted octanol–water partition coefficient (Wildman–Crippen LogP) is 4.75. The van der Waals surface area contributed by atoms with Gasteiger partial charge in [-0.25, -0.2) is 0 Å². The number of para-hydroxylation sites is 2. The summed E-state index contributed by atoms with van der Waals surface area (Å²) in [6, 6.07) is 16.8. The zero-order chi connectivity index (χ0) is 23.2. The van der Waals surface area contributed by atoms with Crippen LogP contribution in [0.5, 0.6) is 17.2 Å². The third-order valence-corrected chi connectivity index (χ3v) is 6.51. The number of anilines is 1. The number of hydrogen-bond acceptors (Lipinski definition) is 8. The molecule has 0 aliphatic rings. The molecule has 1 amide bonds. The lowest BCUT2D eigenvalue weighted by Crippen LogP contribution is -2.15. The molecule has 8 nitrogen and oxygen atoms in total. The Bertz CT molecular complexity index is 1240. The van der Waals surface area contributed by atoms with Crippen molar-refractivity contribution < 1.29 is 19.0 Å². The molecule has 0 aliphatic heterocycles. The molecule has 1 N–H and O–H groups in total. The van der Waals surface area contributed by atoms with Gasteiger partial charge in [0.1, 0.15) is 17.2 Å². The van der Waals surface area contributed by atoms with Crippen LogP contribution in [-0.2, 0) is 4.79 Å². The lowest BCUT2D eigenvalue weighted by molar-refractivity contribution is -0.113. The van der Waals surface area contributed by atoms with E-state index in [1.54, 1.807) is 50.9 Å². The lowest BCUT2D eigenvalue weighted by Gasteiger charge is -2.14. The average Bonchev–Trinajstić information content (AvgIpc) is 3.52. The molecule has 0 atom stereocenters. The summed E-state index contributed by atoms with van der Waals surface area (Å²) in [6.45, 7) is 0. The number of methoxy groups -OCH3 is 3. The minimum absolute atomic E-state index is 0.132. The first-order chi connectivity index (χ1) is 16.1. The maximum atomic E-state index is 12.7. The molecule has 0 fully saturated rings. The monoisotopic (exact) mass is 482 g/mol. The van der Waals surface area contributed by atoms with Gasteiger partial charge < -0.3 is 19.5 Å². The lowest BCUT2D eigenvalue weighted by atomic mass is 10.2. The number of ether oxygens (including phenoxy) is 3. The highest BCUT2D eigenvalue weighted by Crippen LogP contribution is 2.34. The zero-order valence-corrected chi connectivity index (χ0v) is 19.9. The third-order valence-electron chi connectivity index (χ3n) is 4.72. The Morgan fingerprint density at radius 3 is 2.55 bits per heavy atom. The second-order valence-electron chi connectivity index (χ2n) is 6.69. The van der Waals surface area contributed by atoms with Gasteiger partial charge in [0.2, 0.25) is 5.91 Å². The first-order valence-electron chi connectivity index (χ1n) is 9.92. The van der Waals surface area contributed by atoms with Crippen LogP contribution in [0, 0.1) is 0 Å². The van der Waals surface area contributed by atoms with Crippen LogP contribution < -0.4 is 19.5 Å². The number of rotatable bonds is 9. The molecule has 0 saturated carbocycles. The van der Waals surface area contributed by atoms with Gasteiger partial charge in [0.05, 0.1) is 43.3 Å². The first kappa shape index (κ1) is 22.7. The zero-order valence-electron chi connectivity index (χ0n) is 18.3. The topological polar surface area (TPSA) is 87.5 Å². The van der Waals surface area contributed by atoms with Gasteiger partial charge in [0, 0.05) is 6.07 Å². The molecule has 2 aromatic carbocycles. The van der Waals surface area contributed by atoms with Crippen LogP contribution in [0.25, 0.3) is 16.4 Å². The molecule has 2 heterocycles. The highest BCUT2D eigenvalue weighted by Gasteiger charge is 2.20. The molecular formula is C23H22N4O4S2. The second-order valence-corrected chi connectivity index (χ2v) is 8.58. The number of nitrogens with zero attached hydrogens (tertiary/aromatic N) is 3. The summed E-state index contributed by atoms with van der Waals surface area (Å²) >= 11 is 2.86. The second kappa shape index (κ2) is 10.4. The van der Waals surface area contributed by atoms with E-state index >= 15 is 0 Å². The molecule has 4 aromatic rings. The normalized spacial score (nSPS) is 10.6. The van der Waals surface area contributed by atoms with Crippen molar-refractivity contribution in [1.82, 2.24) is 14.8 Å². The van der Waals surface area contributed by atoms with E-state index in [1.807, 2.05) is 46.3 Å². The van der Waals surface area contributed by atoms with E-state index in [1.165, 1.54) is 11.8 Å². The van der Waals surface area contributed by atoms with Gasteiger partial charge in [-0.1, -0.05) is 30.0 Å². The summed E-state index contributed by atoms with van der Waals surface area (Å²) < 4.78 is 18.0. The molecule has 33 heavy (non-hydrogen) atoms. The van der Waals surface area contributed by atoms with Crippen LogP contribution in [-0.4, -0.2) is 47.8 Å². The number of nitrogens with one attached hydrogen (secondary N) is 1. The maximum Gasteiger partial charge on any atom is 0.234 e. The van der Waals surface area contributed by atoms with E-state index in [9.17, 15) is 4.79 Å². The summed E-state index contributed by atoms with van der Waals surface area (Å²) in [7, 11) is 4.74. The molecule has 170 valence electrons. The number of amides is 1. The van der Waals surface area contributed by atoms with Crippen LogP contribution in [0.2, 0.25) is 0 Å². The van der Waals surface area contributed by atoms with Crippen molar-refractivity contribution in [1.29, 1.82) is 0 Å². The summed E-state index contributed by atoms with van der Waals surface area (Å²) in [4.78, 5) is 13.7. The van der Waals surface area contributed by atoms with E-state index in [-0.39, 0.29) is 11.7 Å². The van der Waals surface area contributed by atoms with Crippen LogP contribution in [0.15, 0.2) is 65.1 Å². The first-order valence-corrected chi connectivity index (χ1v) is 11.8. The van der Waals surface area contributed by atoms with Gasteiger partial charge in [-0.15, -0.1) is 21.5 Å². The average molecular weight is 483 g/mol. The number of benzene rings is 2. The van der Waals surface area contributed by atoms with Crippen molar-refractivity contribution in [3.63, 3.8) is 0 Å². The van der Waals surface area contributed by atoms with Gasteiger partial charge in [0.25, 0.3) is 0 Å². The Kier molecular flexibility index (Phi) is 7.16. The Hall–Kier alpha value is -3.50. The Morgan fingerprint density at radius 2 is 1.82 bits per heavy atom. The SMILES string of the molecule is COc1ccc(NC(=O)CSc2nnc(-c3cccs3)n2-c2ccccc2OC)c(OC)c1. The Morgan fingerprint density at radius 1 is 1.00 bits per heavy atom. The number of carbonyl (C=O) groups is 1. The van der Waals surface area contributed by atoms with Gasteiger partial charge in [-0.2, -0.15) is 0 Å². The van der Waals surface area contributed by atoms with Gasteiger partial charge in [-0.3, -0.25) is 9.36 Å². The molecular weight excluding hydrogens is 460 g/mol. The van der Waals surface area contributed by atoms with E-state index in [4.69, 9.17) is 14.2 Å².